The van der Waals surface area contributed by atoms with Gasteiger partial charge in [-0.2, -0.15) is 0 Å². The zero-order valence-electron chi connectivity index (χ0n) is 10.4. The highest BCUT2D eigenvalue weighted by molar-refractivity contribution is 5.64. The Morgan fingerprint density at radius 1 is 1.31 bits per heavy atom. The van der Waals surface area contributed by atoms with Gasteiger partial charge >= 0.3 is 0 Å². The highest BCUT2D eigenvalue weighted by atomic mass is 15.1. The molecular weight excluding hydrogens is 198 g/mol. The predicted molar refractivity (Wildman–Crippen MR) is 68.8 cm³/mol. The van der Waals surface area contributed by atoms with Crippen molar-refractivity contribution in [2.24, 2.45) is 11.3 Å². The molecule has 1 aliphatic rings. The largest absolute Gasteiger partial charge is 0.382 e. The minimum absolute atomic E-state index is 0.387. The van der Waals surface area contributed by atoms with Gasteiger partial charge in [-0.1, -0.05) is 20.8 Å². The minimum Gasteiger partial charge on any atom is -0.382 e. The van der Waals surface area contributed by atoms with Crippen LogP contribution in [0.25, 0.3) is 0 Å². The smallest absolute Gasteiger partial charge is 0.149 e. The van der Waals surface area contributed by atoms with Crippen LogP contribution >= 0.6 is 0 Å². The van der Waals surface area contributed by atoms with Crippen molar-refractivity contribution in [3.63, 3.8) is 0 Å². The molecule has 1 unspecified atom stereocenters. The van der Waals surface area contributed by atoms with Crippen molar-refractivity contribution in [3.05, 3.63) is 18.3 Å². The lowest BCUT2D eigenvalue weighted by molar-refractivity contribution is 0.310. The molecule has 0 saturated heterocycles. The summed E-state index contributed by atoms with van der Waals surface area (Å²) in [7, 11) is 0. The number of rotatable bonds is 1. The van der Waals surface area contributed by atoms with Gasteiger partial charge in [0.25, 0.3) is 0 Å². The van der Waals surface area contributed by atoms with Gasteiger partial charge in [0, 0.05) is 19.3 Å². The van der Waals surface area contributed by atoms with Crippen molar-refractivity contribution in [2.45, 2.75) is 27.2 Å². The van der Waals surface area contributed by atoms with Gasteiger partial charge in [0.15, 0.2) is 0 Å². The number of hydrogen-bond acceptors (Lipinski definition) is 3. The van der Waals surface area contributed by atoms with E-state index in [0.717, 1.165) is 24.6 Å². The molecule has 1 aromatic heterocycles. The quantitative estimate of drug-likeness (QED) is 0.762. The van der Waals surface area contributed by atoms with Gasteiger partial charge in [-0.3, -0.25) is 0 Å². The average Bonchev–Trinajstić information content (AvgIpc) is 2.39. The molecule has 1 atom stereocenters. The van der Waals surface area contributed by atoms with Crippen LogP contribution in [0.4, 0.5) is 11.5 Å². The summed E-state index contributed by atoms with van der Waals surface area (Å²) < 4.78 is 0. The van der Waals surface area contributed by atoms with Crippen molar-refractivity contribution in [1.29, 1.82) is 0 Å². The van der Waals surface area contributed by atoms with E-state index in [1.165, 1.54) is 6.42 Å². The first-order chi connectivity index (χ1) is 7.54. The minimum atomic E-state index is 0.387. The Labute approximate surface area is 97.7 Å². The van der Waals surface area contributed by atoms with Crippen molar-refractivity contribution in [2.75, 3.05) is 23.7 Å². The Morgan fingerprint density at radius 3 is 2.81 bits per heavy atom. The molecule has 1 aliphatic heterocycles. The fourth-order valence-electron chi connectivity index (χ4n) is 2.27. The number of anilines is 2. The first-order valence-corrected chi connectivity index (χ1v) is 5.97. The maximum atomic E-state index is 4.34. The molecule has 88 valence electrons. The number of nitrogens with zero attached hydrogens (tertiary/aromatic N) is 1. The summed E-state index contributed by atoms with van der Waals surface area (Å²) in [5.41, 5.74) is 1.51. The molecule has 2 N–H and O–H groups in total. The predicted octanol–water partition coefficient (Wildman–Crippen LogP) is 2.97. The summed E-state index contributed by atoms with van der Waals surface area (Å²) in [6, 6.07) is 4.05. The molecule has 0 aliphatic carbocycles. The van der Waals surface area contributed by atoms with Crippen molar-refractivity contribution >= 4 is 11.5 Å². The van der Waals surface area contributed by atoms with Crippen LogP contribution in [0.3, 0.4) is 0 Å². The third-order valence-electron chi connectivity index (χ3n) is 2.85. The molecule has 0 saturated carbocycles. The molecule has 2 rings (SSSR count). The standard InChI is InChI=1S/C13H21N3/c1-13(2,3)7-10-8-15-11-5-4-6-14-12(11)16-9-10/h4-6,10,15H,7-9H2,1-3H3,(H,14,16). The Morgan fingerprint density at radius 2 is 2.06 bits per heavy atom. The van der Waals surface area contributed by atoms with E-state index in [9.17, 15) is 0 Å². The second kappa shape index (κ2) is 4.32. The van der Waals surface area contributed by atoms with Gasteiger partial charge in [0.1, 0.15) is 5.82 Å². The van der Waals surface area contributed by atoms with Gasteiger partial charge in [0.05, 0.1) is 5.69 Å². The maximum Gasteiger partial charge on any atom is 0.149 e. The van der Waals surface area contributed by atoms with Crippen LogP contribution < -0.4 is 10.6 Å². The van der Waals surface area contributed by atoms with Crippen LogP contribution in [0.1, 0.15) is 27.2 Å². The van der Waals surface area contributed by atoms with E-state index < -0.39 is 0 Å². The van der Waals surface area contributed by atoms with Crippen LogP contribution in [0.2, 0.25) is 0 Å². The first-order valence-electron chi connectivity index (χ1n) is 5.97. The monoisotopic (exact) mass is 219 g/mol. The van der Waals surface area contributed by atoms with E-state index in [0.29, 0.717) is 11.3 Å². The summed E-state index contributed by atoms with van der Waals surface area (Å²) in [6.07, 6.45) is 3.05. The molecule has 0 radical (unpaired) electrons. The molecular formula is C13H21N3. The van der Waals surface area contributed by atoms with Crippen molar-refractivity contribution in [1.82, 2.24) is 4.98 Å². The van der Waals surface area contributed by atoms with Crippen LogP contribution in [-0.4, -0.2) is 18.1 Å². The van der Waals surface area contributed by atoms with E-state index in [2.05, 4.69) is 42.5 Å². The van der Waals surface area contributed by atoms with E-state index in [4.69, 9.17) is 0 Å². The molecule has 16 heavy (non-hydrogen) atoms. The van der Waals surface area contributed by atoms with Gasteiger partial charge < -0.3 is 10.6 Å². The number of fused-ring (bicyclic) bond motifs is 1. The van der Waals surface area contributed by atoms with Crippen LogP contribution in [0, 0.1) is 11.3 Å². The van der Waals surface area contributed by atoms with Gasteiger partial charge in [-0.15, -0.1) is 0 Å². The SMILES string of the molecule is CC(C)(C)CC1CNc2cccnc2NC1. The fraction of sp³-hybridized carbons (Fsp3) is 0.615. The lowest BCUT2D eigenvalue weighted by atomic mass is 9.84. The van der Waals surface area contributed by atoms with E-state index in [1.807, 2.05) is 12.3 Å². The molecule has 0 bridgehead atoms. The number of hydrogen-bond donors (Lipinski definition) is 2. The van der Waals surface area contributed by atoms with Crippen molar-refractivity contribution < 1.29 is 0 Å². The third kappa shape index (κ3) is 2.87. The summed E-state index contributed by atoms with van der Waals surface area (Å²) in [6.45, 7) is 8.92. The van der Waals surface area contributed by atoms with E-state index >= 15 is 0 Å². The summed E-state index contributed by atoms with van der Waals surface area (Å²) in [4.78, 5) is 4.34. The number of pyridine rings is 1. The molecule has 0 aromatic carbocycles. The van der Waals surface area contributed by atoms with Crippen LogP contribution in [0.15, 0.2) is 18.3 Å². The molecule has 3 nitrogen and oxygen atoms in total. The Kier molecular flexibility index (Phi) is 3.03. The molecule has 0 spiro atoms. The average molecular weight is 219 g/mol. The summed E-state index contributed by atoms with van der Waals surface area (Å²) in [5.74, 6) is 1.65. The summed E-state index contributed by atoms with van der Waals surface area (Å²) >= 11 is 0. The zero-order valence-corrected chi connectivity index (χ0v) is 10.4. The number of nitrogens with one attached hydrogen (secondary N) is 2. The lowest BCUT2D eigenvalue weighted by Gasteiger charge is -2.24. The first kappa shape index (κ1) is 11.2. The Hall–Kier alpha value is -1.25. The Bertz CT molecular complexity index is 327. The lowest BCUT2D eigenvalue weighted by Crippen LogP contribution is -2.24. The molecule has 3 heteroatoms. The second-order valence-corrected chi connectivity index (χ2v) is 5.79. The molecule has 2 heterocycles. The van der Waals surface area contributed by atoms with E-state index in [1.54, 1.807) is 0 Å². The molecule has 0 fully saturated rings. The van der Waals surface area contributed by atoms with Crippen molar-refractivity contribution in [3.8, 4) is 0 Å². The van der Waals surface area contributed by atoms with Crippen LogP contribution in [0.5, 0.6) is 0 Å². The fourth-order valence-corrected chi connectivity index (χ4v) is 2.27. The highest BCUT2D eigenvalue weighted by Crippen LogP contribution is 2.28. The topological polar surface area (TPSA) is 37.0 Å². The highest BCUT2D eigenvalue weighted by Gasteiger charge is 2.21. The molecule has 1 aromatic rings. The van der Waals surface area contributed by atoms with Gasteiger partial charge in [0.2, 0.25) is 0 Å². The second-order valence-electron chi connectivity index (χ2n) is 5.79. The Balaban J connectivity index is 2.02. The van der Waals surface area contributed by atoms with Crippen LogP contribution in [-0.2, 0) is 0 Å². The van der Waals surface area contributed by atoms with Gasteiger partial charge in [-0.25, -0.2) is 4.98 Å². The summed E-state index contributed by atoms with van der Waals surface area (Å²) in [5, 5.41) is 6.90. The van der Waals surface area contributed by atoms with Gasteiger partial charge in [-0.05, 0) is 29.9 Å². The third-order valence-corrected chi connectivity index (χ3v) is 2.85. The zero-order chi connectivity index (χ0) is 11.6. The maximum absolute atomic E-state index is 4.34. The van der Waals surface area contributed by atoms with E-state index in [-0.39, 0.29) is 0 Å². The number of aromatic nitrogens is 1. The molecule has 0 amide bonds. The normalized spacial score (nSPS) is 20.3.